The molecule has 6 heteroatoms. The van der Waals surface area contributed by atoms with Crippen LogP contribution in [0.5, 0.6) is 17.2 Å². The standard InChI is InChI=1S/C23H22N2O4/c1-2-27-19-15-13-18(14-16-19)17-24-25-22(26)23(28-20-9-5-3-6-10-20)29-21-11-7-4-8-12-21/h3-17,23H,2H2,1H3,(H,25,26). The van der Waals surface area contributed by atoms with Crippen LogP contribution in [0.3, 0.4) is 0 Å². The Morgan fingerprint density at radius 3 is 1.93 bits per heavy atom. The quantitative estimate of drug-likeness (QED) is 0.340. The van der Waals surface area contributed by atoms with Gasteiger partial charge in [-0.05, 0) is 61.0 Å². The van der Waals surface area contributed by atoms with Crippen LogP contribution in [0.4, 0.5) is 0 Å². The summed E-state index contributed by atoms with van der Waals surface area (Å²) in [6.07, 6.45) is 0.340. The average molecular weight is 390 g/mol. The second-order valence-electron chi connectivity index (χ2n) is 5.93. The van der Waals surface area contributed by atoms with Crippen LogP contribution in [0.15, 0.2) is 90.0 Å². The summed E-state index contributed by atoms with van der Waals surface area (Å²) in [5, 5.41) is 4.00. The van der Waals surface area contributed by atoms with Crippen molar-refractivity contribution in [2.24, 2.45) is 5.10 Å². The first-order valence-electron chi connectivity index (χ1n) is 9.24. The van der Waals surface area contributed by atoms with E-state index in [2.05, 4.69) is 10.5 Å². The molecule has 29 heavy (non-hydrogen) atoms. The number of para-hydroxylation sites is 2. The van der Waals surface area contributed by atoms with Gasteiger partial charge in [-0.3, -0.25) is 4.79 Å². The molecule has 0 fully saturated rings. The van der Waals surface area contributed by atoms with Crippen molar-refractivity contribution in [1.29, 1.82) is 0 Å². The van der Waals surface area contributed by atoms with Crippen molar-refractivity contribution in [2.45, 2.75) is 13.2 Å². The van der Waals surface area contributed by atoms with Gasteiger partial charge in [0.2, 0.25) is 0 Å². The van der Waals surface area contributed by atoms with E-state index in [1.807, 2.05) is 67.6 Å². The van der Waals surface area contributed by atoms with Gasteiger partial charge in [0.1, 0.15) is 17.2 Å². The Morgan fingerprint density at radius 2 is 1.41 bits per heavy atom. The van der Waals surface area contributed by atoms with E-state index in [1.54, 1.807) is 24.3 Å². The van der Waals surface area contributed by atoms with Gasteiger partial charge in [0.25, 0.3) is 0 Å². The maximum Gasteiger partial charge on any atom is 0.323 e. The minimum atomic E-state index is -1.20. The normalized spacial score (nSPS) is 10.7. The van der Waals surface area contributed by atoms with Crippen LogP contribution in [0.1, 0.15) is 12.5 Å². The second kappa shape index (κ2) is 10.5. The number of amides is 1. The molecule has 3 aromatic rings. The van der Waals surface area contributed by atoms with Crippen molar-refractivity contribution in [1.82, 2.24) is 5.43 Å². The van der Waals surface area contributed by atoms with Crippen LogP contribution in [0.25, 0.3) is 0 Å². The third-order valence-electron chi connectivity index (χ3n) is 3.77. The number of nitrogens with zero attached hydrogens (tertiary/aromatic N) is 1. The lowest BCUT2D eigenvalue weighted by Gasteiger charge is -2.18. The molecule has 0 saturated heterocycles. The summed E-state index contributed by atoms with van der Waals surface area (Å²) >= 11 is 0. The van der Waals surface area contributed by atoms with Crippen LogP contribution in [-0.2, 0) is 4.79 Å². The number of hydrogen-bond acceptors (Lipinski definition) is 5. The first-order valence-corrected chi connectivity index (χ1v) is 9.24. The Bertz CT molecular complexity index is 871. The molecule has 0 unspecified atom stereocenters. The first-order chi connectivity index (χ1) is 14.2. The molecule has 1 N–H and O–H groups in total. The molecular weight excluding hydrogens is 368 g/mol. The minimum absolute atomic E-state index is 0.513. The zero-order valence-electron chi connectivity index (χ0n) is 16.0. The molecule has 0 bridgehead atoms. The minimum Gasteiger partial charge on any atom is -0.494 e. The van der Waals surface area contributed by atoms with Gasteiger partial charge in [0, 0.05) is 0 Å². The second-order valence-corrected chi connectivity index (χ2v) is 5.93. The fourth-order valence-corrected chi connectivity index (χ4v) is 2.42. The van der Waals surface area contributed by atoms with Gasteiger partial charge in [-0.1, -0.05) is 36.4 Å². The Morgan fingerprint density at radius 1 is 0.862 bits per heavy atom. The third-order valence-corrected chi connectivity index (χ3v) is 3.77. The number of rotatable bonds is 9. The topological polar surface area (TPSA) is 69.2 Å². The van der Waals surface area contributed by atoms with E-state index in [4.69, 9.17) is 14.2 Å². The van der Waals surface area contributed by atoms with Crippen LogP contribution < -0.4 is 19.6 Å². The number of carbonyl (C=O) groups excluding carboxylic acids is 1. The highest BCUT2D eigenvalue weighted by Gasteiger charge is 2.22. The largest absolute Gasteiger partial charge is 0.494 e. The zero-order valence-corrected chi connectivity index (χ0v) is 16.0. The van der Waals surface area contributed by atoms with Crippen molar-refractivity contribution in [3.8, 4) is 17.2 Å². The van der Waals surface area contributed by atoms with Crippen molar-refractivity contribution in [3.05, 3.63) is 90.5 Å². The van der Waals surface area contributed by atoms with Crippen LogP contribution in [-0.4, -0.2) is 25.0 Å². The van der Waals surface area contributed by atoms with Gasteiger partial charge in [-0.2, -0.15) is 5.10 Å². The molecule has 3 rings (SSSR count). The Kier molecular flexibility index (Phi) is 7.23. The number of ether oxygens (including phenoxy) is 3. The monoisotopic (exact) mass is 390 g/mol. The Balaban J connectivity index is 1.65. The van der Waals surface area contributed by atoms with E-state index in [1.165, 1.54) is 6.21 Å². The van der Waals surface area contributed by atoms with Gasteiger partial charge < -0.3 is 14.2 Å². The maximum atomic E-state index is 12.6. The SMILES string of the molecule is CCOc1ccc(C=NNC(=O)C(Oc2ccccc2)Oc2ccccc2)cc1. The lowest BCUT2D eigenvalue weighted by Crippen LogP contribution is -2.40. The molecule has 0 aliphatic rings. The first kappa shape index (κ1) is 19.9. The fraction of sp³-hybridized carbons (Fsp3) is 0.130. The lowest BCUT2D eigenvalue weighted by molar-refractivity contribution is -0.140. The Hall–Kier alpha value is -3.80. The van der Waals surface area contributed by atoms with Crippen LogP contribution >= 0.6 is 0 Å². The summed E-state index contributed by atoms with van der Waals surface area (Å²) in [5.74, 6) is 1.28. The van der Waals surface area contributed by atoms with Crippen molar-refractivity contribution < 1.29 is 19.0 Å². The number of carbonyl (C=O) groups is 1. The highest BCUT2D eigenvalue weighted by molar-refractivity contribution is 5.84. The smallest absolute Gasteiger partial charge is 0.323 e. The fourth-order valence-electron chi connectivity index (χ4n) is 2.42. The third kappa shape index (κ3) is 6.39. The highest BCUT2D eigenvalue weighted by Crippen LogP contribution is 2.16. The number of hydrazone groups is 1. The summed E-state index contributed by atoms with van der Waals surface area (Å²) in [7, 11) is 0. The van der Waals surface area contributed by atoms with E-state index in [0.29, 0.717) is 18.1 Å². The van der Waals surface area contributed by atoms with Crippen molar-refractivity contribution >= 4 is 12.1 Å². The summed E-state index contributed by atoms with van der Waals surface area (Å²) in [6.45, 7) is 2.53. The van der Waals surface area contributed by atoms with Gasteiger partial charge in [-0.15, -0.1) is 0 Å². The van der Waals surface area contributed by atoms with E-state index in [0.717, 1.165) is 11.3 Å². The van der Waals surface area contributed by atoms with Crippen molar-refractivity contribution in [2.75, 3.05) is 6.61 Å². The average Bonchev–Trinajstić information content (AvgIpc) is 2.76. The van der Waals surface area contributed by atoms with Gasteiger partial charge in [0.15, 0.2) is 0 Å². The predicted octanol–water partition coefficient (Wildman–Crippen LogP) is 4.02. The van der Waals surface area contributed by atoms with Crippen LogP contribution in [0, 0.1) is 0 Å². The summed E-state index contributed by atoms with van der Waals surface area (Å²) < 4.78 is 16.8. The summed E-state index contributed by atoms with van der Waals surface area (Å²) in [6, 6.07) is 25.4. The number of nitrogens with one attached hydrogen (secondary N) is 1. The van der Waals surface area contributed by atoms with E-state index >= 15 is 0 Å². The predicted molar refractivity (Wildman–Crippen MR) is 111 cm³/mol. The molecule has 0 aliphatic heterocycles. The number of benzene rings is 3. The molecule has 3 aromatic carbocycles. The highest BCUT2D eigenvalue weighted by atomic mass is 16.7. The summed E-state index contributed by atoms with van der Waals surface area (Å²) in [4.78, 5) is 12.6. The molecule has 148 valence electrons. The molecule has 0 spiro atoms. The van der Waals surface area contributed by atoms with E-state index in [-0.39, 0.29) is 0 Å². The molecule has 0 atom stereocenters. The van der Waals surface area contributed by atoms with Crippen LogP contribution in [0.2, 0.25) is 0 Å². The number of hydrogen-bond donors (Lipinski definition) is 1. The molecule has 0 saturated carbocycles. The Labute approximate surface area is 169 Å². The molecule has 1 amide bonds. The molecule has 6 nitrogen and oxygen atoms in total. The molecule has 0 heterocycles. The zero-order chi connectivity index (χ0) is 20.3. The molecule has 0 radical (unpaired) electrons. The van der Waals surface area contributed by atoms with E-state index < -0.39 is 12.2 Å². The van der Waals surface area contributed by atoms with Gasteiger partial charge >= 0.3 is 12.2 Å². The van der Waals surface area contributed by atoms with Gasteiger partial charge in [0.05, 0.1) is 12.8 Å². The van der Waals surface area contributed by atoms with Crippen molar-refractivity contribution in [3.63, 3.8) is 0 Å². The molecule has 0 aromatic heterocycles. The lowest BCUT2D eigenvalue weighted by atomic mass is 10.2. The molecule has 0 aliphatic carbocycles. The van der Waals surface area contributed by atoms with Gasteiger partial charge in [-0.25, -0.2) is 5.43 Å². The van der Waals surface area contributed by atoms with E-state index in [9.17, 15) is 4.79 Å². The maximum absolute atomic E-state index is 12.6. The molecular formula is C23H22N2O4. The summed E-state index contributed by atoms with van der Waals surface area (Å²) in [5.41, 5.74) is 3.28.